The zero-order valence-electron chi connectivity index (χ0n) is 18.9. The Kier molecular flexibility index (Phi) is 9.59. The molecular formula is C23H30N2O8. The predicted molar refractivity (Wildman–Crippen MR) is 121 cm³/mol. The first kappa shape index (κ1) is 25.6. The average molecular weight is 462 g/mol. The van der Waals surface area contributed by atoms with Crippen molar-refractivity contribution in [2.45, 2.75) is 31.7 Å². The third-order valence-corrected chi connectivity index (χ3v) is 5.01. The number of hydrogen-bond donors (Lipinski definition) is 2. The predicted octanol–water partition coefficient (Wildman–Crippen LogP) is 3.44. The van der Waals surface area contributed by atoms with Gasteiger partial charge in [-0.25, -0.2) is 4.79 Å². The maximum Gasteiger partial charge on any atom is 0.411 e. The van der Waals surface area contributed by atoms with Gasteiger partial charge in [0.25, 0.3) is 5.91 Å². The first-order valence-corrected chi connectivity index (χ1v) is 10.5. The van der Waals surface area contributed by atoms with Crippen LogP contribution in [0.1, 0.15) is 36.0 Å². The molecule has 0 unspecified atom stereocenters. The van der Waals surface area contributed by atoms with Gasteiger partial charge in [-0.2, -0.15) is 0 Å². The van der Waals surface area contributed by atoms with Crippen molar-refractivity contribution in [2.24, 2.45) is 0 Å². The molecule has 0 radical (unpaired) electrons. The molecule has 0 spiro atoms. The van der Waals surface area contributed by atoms with Gasteiger partial charge < -0.3 is 29.0 Å². The first-order chi connectivity index (χ1) is 15.8. The van der Waals surface area contributed by atoms with Crippen molar-refractivity contribution in [1.29, 1.82) is 0 Å². The van der Waals surface area contributed by atoms with E-state index in [-0.39, 0.29) is 54.1 Å². The molecule has 1 aromatic carbocycles. The summed E-state index contributed by atoms with van der Waals surface area (Å²) in [6.07, 6.45) is 2.50. The molecule has 0 aromatic heterocycles. The number of methoxy groups -OCH3 is 2. The molecular weight excluding hydrogens is 432 g/mol. The SMILES string of the molecule is C=CCOC(=O)Nc1cc(OCCCC(=O)OC)c(OC)cc1C(=O)N1CCC[C@H]1C(=C)O. The second kappa shape index (κ2) is 12.4. The average Bonchev–Trinajstić information content (AvgIpc) is 3.30. The number of carbonyl (C=O) groups is 3. The van der Waals surface area contributed by atoms with Crippen molar-refractivity contribution in [1.82, 2.24) is 4.90 Å². The van der Waals surface area contributed by atoms with Crippen LogP contribution in [0.2, 0.25) is 0 Å². The zero-order chi connectivity index (χ0) is 24.4. The fourth-order valence-electron chi connectivity index (χ4n) is 3.40. The Morgan fingerprint density at radius 2 is 2.03 bits per heavy atom. The molecule has 0 bridgehead atoms. The van der Waals surface area contributed by atoms with Crippen LogP contribution >= 0.6 is 0 Å². The molecule has 1 fully saturated rings. The quantitative estimate of drug-likeness (QED) is 0.222. The molecule has 1 aliphatic rings. The lowest BCUT2D eigenvalue weighted by atomic mass is 10.1. The first-order valence-electron chi connectivity index (χ1n) is 10.5. The topological polar surface area (TPSA) is 124 Å². The molecule has 0 aliphatic carbocycles. The van der Waals surface area contributed by atoms with E-state index >= 15 is 0 Å². The van der Waals surface area contributed by atoms with Crippen molar-refractivity contribution < 1.29 is 38.4 Å². The fourth-order valence-corrected chi connectivity index (χ4v) is 3.40. The molecule has 10 heteroatoms. The molecule has 2 rings (SSSR count). The van der Waals surface area contributed by atoms with Gasteiger partial charge in [0.1, 0.15) is 12.4 Å². The van der Waals surface area contributed by atoms with Crippen LogP contribution in [0, 0.1) is 0 Å². The van der Waals surface area contributed by atoms with Crippen LogP contribution in [0.25, 0.3) is 0 Å². The van der Waals surface area contributed by atoms with Crippen molar-refractivity contribution in [3.63, 3.8) is 0 Å². The van der Waals surface area contributed by atoms with E-state index in [4.69, 9.17) is 14.2 Å². The van der Waals surface area contributed by atoms with Gasteiger partial charge in [0, 0.05) is 19.0 Å². The highest BCUT2D eigenvalue weighted by Crippen LogP contribution is 2.36. The number of ether oxygens (including phenoxy) is 4. The number of aliphatic hydroxyl groups is 1. The van der Waals surface area contributed by atoms with E-state index < -0.39 is 18.0 Å². The summed E-state index contributed by atoms with van der Waals surface area (Å²) in [5.74, 6) is -0.340. The second-order valence-electron chi connectivity index (χ2n) is 7.24. The number of benzene rings is 1. The Bertz CT molecular complexity index is 899. The van der Waals surface area contributed by atoms with E-state index in [1.807, 2.05) is 0 Å². The smallest absolute Gasteiger partial charge is 0.411 e. The van der Waals surface area contributed by atoms with Crippen LogP contribution in [0.4, 0.5) is 10.5 Å². The van der Waals surface area contributed by atoms with Crippen molar-refractivity contribution in [2.75, 3.05) is 39.3 Å². The van der Waals surface area contributed by atoms with Crippen molar-refractivity contribution in [3.8, 4) is 11.5 Å². The molecule has 1 heterocycles. The summed E-state index contributed by atoms with van der Waals surface area (Å²) in [5, 5.41) is 12.4. The van der Waals surface area contributed by atoms with Gasteiger partial charge in [-0.1, -0.05) is 19.2 Å². The highest BCUT2D eigenvalue weighted by molar-refractivity contribution is 6.04. The fraction of sp³-hybridized carbons (Fsp3) is 0.435. The molecule has 1 aliphatic heterocycles. The summed E-state index contributed by atoms with van der Waals surface area (Å²) in [6.45, 7) is 7.65. The molecule has 10 nitrogen and oxygen atoms in total. The van der Waals surface area contributed by atoms with E-state index in [2.05, 4.69) is 23.2 Å². The largest absolute Gasteiger partial charge is 0.511 e. The number of esters is 1. The number of rotatable bonds is 11. The molecule has 1 atom stereocenters. The highest BCUT2D eigenvalue weighted by atomic mass is 16.5. The maximum atomic E-state index is 13.3. The monoisotopic (exact) mass is 462 g/mol. The van der Waals surface area contributed by atoms with E-state index in [0.29, 0.717) is 25.8 Å². The van der Waals surface area contributed by atoms with Crippen LogP contribution < -0.4 is 14.8 Å². The third-order valence-electron chi connectivity index (χ3n) is 5.01. The third kappa shape index (κ3) is 6.90. The Morgan fingerprint density at radius 1 is 1.27 bits per heavy atom. The summed E-state index contributed by atoms with van der Waals surface area (Å²) >= 11 is 0. The van der Waals surface area contributed by atoms with Crippen LogP contribution in [-0.2, 0) is 14.3 Å². The lowest BCUT2D eigenvalue weighted by Crippen LogP contribution is -2.37. The van der Waals surface area contributed by atoms with Crippen molar-refractivity contribution >= 4 is 23.7 Å². The molecule has 1 aromatic rings. The maximum absolute atomic E-state index is 13.3. The van der Waals surface area contributed by atoms with E-state index in [1.165, 1.54) is 37.3 Å². The number of anilines is 1. The number of nitrogens with one attached hydrogen (secondary N) is 1. The van der Waals surface area contributed by atoms with E-state index in [1.54, 1.807) is 0 Å². The minimum atomic E-state index is -0.782. The summed E-state index contributed by atoms with van der Waals surface area (Å²) in [7, 11) is 2.73. The Labute approximate surface area is 192 Å². The number of carbonyl (C=O) groups excluding carboxylic acids is 3. The Hall–Kier alpha value is -3.69. The van der Waals surface area contributed by atoms with Gasteiger partial charge in [-0.15, -0.1) is 0 Å². The second-order valence-corrected chi connectivity index (χ2v) is 7.24. The van der Waals surface area contributed by atoms with Gasteiger partial charge >= 0.3 is 12.1 Å². The molecule has 33 heavy (non-hydrogen) atoms. The summed E-state index contributed by atoms with van der Waals surface area (Å²) < 4.78 is 20.7. The normalized spacial score (nSPS) is 14.8. The minimum absolute atomic E-state index is 0.0132. The van der Waals surface area contributed by atoms with Gasteiger partial charge in [-0.05, 0) is 25.3 Å². The Balaban J connectivity index is 2.34. The van der Waals surface area contributed by atoms with E-state index in [0.717, 1.165) is 0 Å². The summed E-state index contributed by atoms with van der Waals surface area (Å²) in [5.41, 5.74) is 0.282. The molecule has 2 N–H and O–H groups in total. The van der Waals surface area contributed by atoms with Gasteiger partial charge in [0.05, 0.1) is 38.1 Å². The molecule has 180 valence electrons. The van der Waals surface area contributed by atoms with Crippen LogP contribution in [0.15, 0.2) is 37.1 Å². The summed E-state index contributed by atoms with van der Waals surface area (Å²) in [6, 6.07) is 2.40. The highest BCUT2D eigenvalue weighted by Gasteiger charge is 2.33. The van der Waals surface area contributed by atoms with Gasteiger partial charge in [0.2, 0.25) is 0 Å². The van der Waals surface area contributed by atoms with Gasteiger partial charge in [0.15, 0.2) is 11.5 Å². The van der Waals surface area contributed by atoms with Crippen LogP contribution in [0.5, 0.6) is 11.5 Å². The molecule has 2 amide bonds. The molecule has 0 saturated carbocycles. The number of amides is 2. The minimum Gasteiger partial charge on any atom is -0.511 e. The van der Waals surface area contributed by atoms with E-state index in [9.17, 15) is 19.5 Å². The lowest BCUT2D eigenvalue weighted by Gasteiger charge is -2.25. The zero-order valence-corrected chi connectivity index (χ0v) is 18.9. The Morgan fingerprint density at radius 3 is 2.67 bits per heavy atom. The summed E-state index contributed by atoms with van der Waals surface area (Å²) in [4.78, 5) is 38.3. The number of hydrogen-bond acceptors (Lipinski definition) is 8. The number of aliphatic hydroxyl groups excluding tert-OH is 1. The standard InChI is InChI=1S/C23H30N2O8/c1-5-11-33-23(29)24-17-14-20(32-12-7-9-21(27)31-4)19(30-3)13-16(17)22(28)25-10-6-8-18(25)15(2)26/h5,13-14,18,26H,1-2,6-12H2,3-4H3,(H,24,29)/t18-/m0/s1. The molecule has 1 saturated heterocycles. The van der Waals surface area contributed by atoms with Gasteiger partial charge in [-0.3, -0.25) is 14.9 Å². The number of likely N-dealkylation sites (tertiary alicyclic amines) is 1. The van der Waals surface area contributed by atoms with Crippen LogP contribution in [-0.4, -0.2) is 68.0 Å². The number of nitrogens with zero attached hydrogens (tertiary/aromatic N) is 1. The van der Waals surface area contributed by atoms with Crippen molar-refractivity contribution in [3.05, 3.63) is 42.7 Å². The van der Waals surface area contributed by atoms with Crippen LogP contribution in [0.3, 0.4) is 0 Å². The lowest BCUT2D eigenvalue weighted by molar-refractivity contribution is -0.140.